The number of hydrogen-bond acceptors (Lipinski definition) is 2. The summed E-state index contributed by atoms with van der Waals surface area (Å²) >= 11 is 0. The predicted octanol–water partition coefficient (Wildman–Crippen LogP) is 4.31. The molecule has 2 atom stereocenters. The van der Waals surface area contributed by atoms with Gasteiger partial charge in [-0.25, -0.2) is 4.39 Å². The van der Waals surface area contributed by atoms with Crippen molar-refractivity contribution in [1.82, 2.24) is 0 Å². The van der Waals surface area contributed by atoms with E-state index in [0.29, 0.717) is 17.7 Å². The van der Waals surface area contributed by atoms with Crippen LogP contribution in [0.2, 0.25) is 0 Å². The Kier molecular flexibility index (Phi) is 3.46. The average Bonchev–Trinajstić information content (AvgIpc) is 2.42. The average molecular weight is 286 g/mol. The molecule has 1 unspecified atom stereocenters. The van der Waals surface area contributed by atoms with Crippen molar-refractivity contribution in [2.45, 2.75) is 39.4 Å². The number of fused-ring (bicyclic) bond motifs is 1. The van der Waals surface area contributed by atoms with Crippen molar-refractivity contribution >= 4 is 0 Å². The first kappa shape index (κ1) is 14.1. The lowest BCUT2D eigenvalue weighted by atomic mass is 9.90. The van der Waals surface area contributed by atoms with Crippen LogP contribution in [-0.4, -0.2) is 5.11 Å². The summed E-state index contributed by atoms with van der Waals surface area (Å²) in [5.74, 6) is 0.0924. The Hall–Kier alpha value is -1.87. The molecule has 0 aromatic heterocycles. The molecule has 2 aromatic carbocycles. The van der Waals surface area contributed by atoms with Gasteiger partial charge in [0.1, 0.15) is 17.7 Å². The molecule has 110 valence electrons. The molecule has 1 aliphatic heterocycles. The summed E-state index contributed by atoms with van der Waals surface area (Å²) < 4.78 is 19.3. The highest BCUT2D eigenvalue weighted by molar-refractivity contribution is 5.42. The minimum absolute atomic E-state index is 0.242. The molecule has 1 aliphatic rings. The molecule has 21 heavy (non-hydrogen) atoms. The van der Waals surface area contributed by atoms with Crippen molar-refractivity contribution in [3.05, 3.63) is 64.0 Å². The van der Waals surface area contributed by atoms with Crippen LogP contribution in [0.3, 0.4) is 0 Å². The smallest absolute Gasteiger partial charge is 0.128 e. The molecule has 3 rings (SSSR count). The second kappa shape index (κ2) is 5.15. The maximum absolute atomic E-state index is 13.4. The quantitative estimate of drug-likeness (QED) is 0.846. The van der Waals surface area contributed by atoms with Crippen LogP contribution in [0.5, 0.6) is 5.75 Å². The Morgan fingerprint density at radius 2 is 1.71 bits per heavy atom. The summed E-state index contributed by atoms with van der Waals surface area (Å²) in [6.07, 6.45) is -0.379. The van der Waals surface area contributed by atoms with E-state index in [1.54, 1.807) is 6.07 Å². The van der Waals surface area contributed by atoms with Gasteiger partial charge in [-0.05, 0) is 55.2 Å². The van der Waals surface area contributed by atoms with Gasteiger partial charge in [0.2, 0.25) is 0 Å². The summed E-state index contributed by atoms with van der Waals surface area (Å²) in [7, 11) is 0. The van der Waals surface area contributed by atoms with Gasteiger partial charge in [-0.15, -0.1) is 0 Å². The lowest BCUT2D eigenvalue weighted by Gasteiger charge is -2.31. The first-order chi connectivity index (χ1) is 9.95. The highest BCUT2D eigenvalue weighted by Gasteiger charge is 2.29. The molecule has 2 aromatic rings. The summed E-state index contributed by atoms with van der Waals surface area (Å²) in [5, 5.41) is 10.3. The van der Waals surface area contributed by atoms with Crippen molar-refractivity contribution < 1.29 is 14.2 Å². The van der Waals surface area contributed by atoms with Crippen LogP contribution in [0.1, 0.15) is 46.4 Å². The standard InChI is InChI=1S/C18H19FO2/c1-10-6-12(3)15(7-11(10)2)18-9-16(20)14-5-4-13(19)8-17(14)21-18/h4-8,16,18,20H,9H2,1-3H3/t16-,18?/m0/s1. The van der Waals surface area contributed by atoms with E-state index in [1.807, 2.05) is 6.92 Å². The van der Waals surface area contributed by atoms with Gasteiger partial charge >= 0.3 is 0 Å². The highest BCUT2D eigenvalue weighted by Crippen LogP contribution is 2.42. The number of aryl methyl sites for hydroxylation is 3. The monoisotopic (exact) mass is 286 g/mol. The van der Waals surface area contributed by atoms with Crippen LogP contribution < -0.4 is 4.74 Å². The summed E-state index contributed by atoms with van der Waals surface area (Å²) in [5.41, 5.74) is 5.29. The number of benzene rings is 2. The second-order valence-corrected chi connectivity index (χ2v) is 5.83. The van der Waals surface area contributed by atoms with E-state index in [-0.39, 0.29) is 11.9 Å². The molecule has 0 saturated heterocycles. The van der Waals surface area contributed by atoms with E-state index in [2.05, 4.69) is 26.0 Å². The lowest BCUT2D eigenvalue weighted by Crippen LogP contribution is -2.20. The number of ether oxygens (including phenoxy) is 1. The number of rotatable bonds is 1. The van der Waals surface area contributed by atoms with Crippen molar-refractivity contribution in [1.29, 1.82) is 0 Å². The Balaban J connectivity index is 2.01. The molecule has 0 aliphatic carbocycles. The van der Waals surface area contributed by atoms with Gasteiger partial charge in [0.25, 0.3) is 0 Å². The maximum Gasteiger partial charge on any atom is 0.128 e. The molecule has 0 bridgehead atoms. The van der Waals surface area contributed by atoms with Crippen LogP contribution >= 0.6 is 0 Å². The number of aliphatic hydroxyl groups excluding tert-OH is 1. The van der Waals surface area contributed by atoms with Crippen molar-refractivity contribution in [3.63, 3.8) is 0 Å². The third-order valence-corrected chi connectivity index (χ3v) is 4.27. The topological polar surface area (TPSA) is 29.5 Å². The lowest BCUT2D eigenvalue weighted by molar-refractivity contribution is 0.0650. The first-order valence-electron chi connectivity index (χ1n) is 7.17. The molecule has 3 heteroatoms. The molecular weight excluding hydrogens is 267 g/mol. The van der Waals surface area contributed by atoms with Crippen LogP contribution in [0.4, 0.5) is 4.39 Å². The fourth-order valence-electron chi connectivity index (χ4n) is 2.94. The van der Waals surface area contributed by atoms with Gasteiger partial charge in [0.15, 0.2) is 0 Å². The molecule has 0 amide bonds. The number of halogens is 1. The van der Waals surface area contributed by atoms with E-state index >= 15 is 0 Å². The SMILES string of the molecule is Cc1cc(C)c(C2C[C@H](O)c3ccc(F)cc3O2)cc1C. The Morgan fingerprint density at radius 1 is 1.00 bits per heavy atom. The fourth-order valence-corrected chi connectivity index (χ4v) is 2.94. The van der Waals surface area contributed by atoms with Crippen molar-refractivity contribution in [2.24, 2.45) is 0 Å². The van der Waals surface area contributed by atoms with Gasteiger partial charge in [-0.3, -0.25) is 0 Å². The van der Waals surface area contributed by atoms with E-state index in [0.717, 1.165) is 11.1 Å². The van der Waals surface area contributed by atoms with E-state index < -0.39 is 6.10 Å². The predicted molar refractivity (Wildman–Crippen MR) is 80.0 cm³/mol. The number of hydrogen-bond donors (Lipinski definition) is 1. The molecule has 0 spiro atoms. The minimum atomic E-state index is -0.625. The van der Waals surface area contributed by atoms with Gasteiger partial charge in [0.05, 0.1) is 6.10 Å². The maximum atomic E-state index is 13.4. The summed E-state index contributed by atoms with van der Waals surface area (Å²) in [6.45, 7) is 6.18. The summed E-state index contributed by atoms with van der Waals surface area (Å²) in [6, 6.07) is 8.53. The van der Waals surface area contributed by atoms with Crippen molar-refractivity contribution in [3.8, 4) is 5.75 Å². The molecule has 0 radical (unpaired) electrons. The van der Waals surface area contributed by atoms with Crippen LogP contribution in [0.25, 0.3) is 0 Å². The Bertz CT molecular complexity index is 694. The zero-order valence-corrected chi connectivity index (χ0v) is 12.5. The van der Waals surface area contributed by atoms with Crippen LogP contribution in [-0.2, 0) is 0 Å². The van der Waals surface area contributed by atoms with E-state index in [4.69, 9.17) is 4.74 Å². The van der Waals surface area contributed by atoms with E-state index in [9.17, 15) is 9.50 Å². The molecule has 2 nitrogen and oxygen atoms in total. The van der Waals surface area contributed by atoms with Crippen molar-refractivity contribution in [2.75, 3.05) is 0 Å². The van der Waals surface area contributed by atoms with E-state index in [1.165, 1.54) is 23.3 Å². The third-order valence-electron chi connectivity index (χ3n) is 4.27. The first-order valence-corrected chi connectivity index (χ1v) is 7.17. The molecular formula is C18H19FO2. The van der Waals surface area contributed by atoms with Crippen LogP contribution in [0.15, 0.2) is 30.3 Å². The zero-order chi connectivity index (χ0) is 15.1. The number of aliphatic hydroxyl groups is 1. The minimum Gasteiger partial charge on any atom is -0.485 e. The molecule has 1 N–H and O–H groups in total. The van der Waals surface area contributed by atoms with Crippen LogP contribution in [0, 0.1) is 26.6 Å². The second-order valence-electron chi connectivity index (χ2n) is 5.83. The van der Waals surface area contributed by atoms with Gasteiger partial charge < -0.3 is 9.84 Å². The van der Waals surface area contributed by atoms with Gasteiger partial charge in [0, 0.05) is 18.1 Å². The largest absolute Gasteiger partial charge is 0.485 e. The van der Waals surface area contributed by atoms with Gasteiger partial charge in [-0.2, -0.15) is 0 Å². The Morgan fingerprint density at radius 3 is 2.48 bits per heavy atom. The normalized spacial score (nSPS) is 20.8. The Labute approximate surface area is 124 Å². The third kappa shape index (κ3) is 2.54. The summed E-state index contributed by atoms with van der Waals surface area (Å²) in [4.78, 5) is 0. The highest BCUT2D eigenvalue weighted by atomic mass is 19.1. The van der Waals surface area contributed by atoms with Gasteiger partial charge in [-0.1, -0.05) is 12.1 Å². The molecule has 1 heterocycles. The molecule has 0 saturated carbocycles. The zero-order valence-electron chi connectivity index (χ0n) is 12.5. The molecule has 0 fully saturated rings. The fraction of sp³-hybridized carbons (Fsp3) is 0.333.